The van der Waals surface area contributed by atoms with E-state index in [9.17, 15) is 4.79 Å². The molecule has 1 fully saturated rings. The van der Waals surface area contributed by atoms with Gasteiger partial charge in [-0.15, -0.1) is 11.3 Å². The monoisotopic (exact) mass is 389 g/mol. The van der Waals surface area contributed by atoms with Gasteiger partial charge in [0.05, 0.1) is 11.6 Å². The lowest BCUT2D eigenvalue weighted by atomic mass is 9.97. The predicted octanol–water partition coefficient (Wildman–Crippen LogP) is 4.62. The van der Waals surface area contributed by atoms with Crippen LogP contribution < -0.4 is 5.32 Å². The summed E-state index contributed by atoms with van der Waals surface area (Å²) in [6, 6.07) is 3.94. The van der Waals surface area contributed by atoms with Gasteiger partial charge >= 0.3 is 0 Å². The summed E-state index contributed by atoms with van der Waals surface area (Å²) in [7, 11) is 0. The molecule has 0 spiro atoms. The van der Waals surface area contributed by atoms with E-state index in [-0.39, 0.29) is 11.8 Å². The number of piperidine rings is 1. The van der Waals surface area contributed by atoms with Crippen molar-refractivity contribution in [3.8, 4) is 10.8 Å². The number of carbonyl (C=O) groups is 1. The molecule has 0 aliphatic carbocycles. The summed E-state index contributed by atoms with van der Waals surface area (Å²) in [6.45, 7) is 7.63. The Balaban J connectivity index is 1.47. The Bertz CT molecular complexity index is 725. The number of nitrogens with one attached hydrogen (secondary N) is 1. The van der Waals surface area contributed by atoms with E-state index in [1.54, 1.807) is 11.3 Å². The molecule has 1 N–H and O–H groups in total. The first kappa shape index (κ1) is 20.1. The number of hydrogen-bond acceptors (Lipinski definition) is 5. The number of likely N-dealkylation sites (tertiary alicyclic amines) is 1. The highest BCUT2D eigenvalue weighted by Gasteiger charge is 2.26. The van der Waals surface area contributed by atoms with Gasteiger partial charge in [-0.1, -0.05) is 26.2 Å². The Morgan fingerprint density at radius 1 is 1.37 bits per heavy atom. The van der Waals surface area contributed by atoms with E-state index in [2.05, 4.69) is 22.5 Å². The van der Waals surface area contributed by atoms with Crippen molar-refractivity contribution in [1.82, 2.24) is 15.2 Å². The minimum Gasteiger partial charge on any atom is -0.459 e. The lowest BCUT2D eigenvalue weighted by molar-refractivity contribution is -0.126. The molecule has 5 nitrogen and oxygen atoms in total. The Hall–Kier alpha value is -1.66. The van der Waals surface area contributed by atoms with E-state index in [1.165, 1.54) is 19.3 Å². The van der Waals surface area contributed by atoms with Crippen molar-refractivity contribution >= 4 is 17.2 Å². The van der Waals surface area contributed by atoms with Crippen LogP contribution >= 0.6 is 11.3 Å². The van der Waals surface area contributed by atoms with E-state index in [0.29, 0.717) is 0 Å². The third kappa shape index (κ3) is 5.91. The van der Waals surface area contributed by atoms with E-state index in [4.69, 9.17) is 9.40 Å². The molecule has 3 heterocycles. The average molecular weight is 390 g/mol. The molecule has 0 bridgehead atoms. The molecular weight excluding hydrogens is 358 g/mol. The van der Waals surface area contributed by atoms with Crippen LogP contribution in [0.2, 0.25) is 0 Å². The molecule has 2 aromatic rings. The van der Waals surface area contributed by atoms with Crippen molar-refractivity contribution < 1.29 is 9.21 Å². The van der Waals surface area contributed by atoms with Gasteiger partial charge in [0.1, 0.15) is 5.76 Å². The second-order valence-electron chi connectivity index (χ2n) is 7.48. The van der Waals surface area contributed by atoms with Crippen molar-refractivity contribution in [3.05, 3.63) is 29.0 Å². The summed E-state index contributed by atoms with van der Waals surface area (Å²) in [5.74, 6) is 2.07. The van der Waals surface area contributed by atoms with Gasteiger partial charge in [0.15, 0.2) is 10.8 Å². The van der Waals surface area contributed by atoms with Crippen LogP contribution in [0.15, 0.2) is 21.9 Å². The van der Waals surface area contributed by atoms with Crippen molar-refractivity contribution in [2.24, 2.45) is 5.92 Å². The molecule has 0 aromatic carbocycles. The Kier molecular flexibility index (Phi) is 7.47. The molecule has 2 aromatic heterocycles. The molecule has 3 rings (SSSR count). The maximum Gasteiger partial charge on any atom is 0.224 e. The van der Waals surface area contributed by atoms with E-state index in [1.807, 2.05) is 19.1 Å². The lowest BCUT2D eigenvalue weighted by Crippen LogP contribution is -2.42. The summed E-state index contributed by atoms with van der Waals surface area (Å²) in [5, 5.41) is 6.16. The van der Waals surface area contributed by atoms with Gasteiger partial charge in [-0.2, -0.15) is 0 Å². The van der Waals surface area contributed by atoms with Gasteiger partial charge in [0.25, 0.3) is 0 Å². The van der Waals surface area contributed by atoms with Gasteiger partial charge in [0, 0.05) is 25.0 Å². The number of aryl methyl sites for hydroxylation is 1. The smallest absolute Gasteiger partial charge is 0.224 e. The first-order chi connectivity index (χ1) is 13.2. The van der Waals surface area contributed by atoms with Crippen LogP contribution in [0.5, 0.6) is 0 Å². The number of amides is 1. The van der Waals surface area contributed by atoms with Crippen LogP contribution in [-0.2, 0) is 11.3 Å². The third-order valence-corrected chi connectivity index (χ3v) is 6.00. The second kappa shape index (κ2) is 10.0. The molecule has 27 heavy (non-hydrogen) atoms. The van der Waals surface area contributed by atoms with Crippen molar-refractivity contribution in [3.63, 3.8) is 0 Å². The average Bonchev–Trinajstić information content (AvgIpc) is 3.30. The second-order valence-corrected chi connectivity index (χ2v) is 8.34. The SMILES string of the molecule is CCCCCCNC(=O)C1CCCN(Cc2csc(-c3ccc(C)o3)n2)C1. The summed E-state index contributed by atoms with van der Waals surface area (Å²) in [6.07, 6.45) is 6.83. The number of nitrogens with zero attached hydrogens (tertiary/aromatic N) is 2. The zero-order chi connectivity index (χ0) is 19.1. The molecule has 148 valence electrons. The predicted molar refractivity (Wildman–Crippen MR) is 110 cm³/mol. The zero-order valence-corrected chi connectivity index (χ0v) is 17.3. The molecule has 1 atom stereocenters. The van der Waals surface area contributed by atoms with E-state index >= 15 is 0 Å². The molecule has 1 saturated heterocycles. The molecule has 0 radical (unpaired) electrons. The fourth-order valence-electron chi connectivity index (χ4n) is 3.59. The number of thiazole rings is 1. The molecule has 1 amide bonds. The fourth-order valence-corrected chi connectivity index (χ4v) is 4.36. The molecule has 1 aliphatic rings. The molecule has 0 saturated carbocycles. The number of furan rings is 1. The van der Waals surface area contributed by atoms with Gasteiger partial charge in [0.2, 0.25) is 5.91 Å². The molecular formula is C21H31N3O2S. The Morgan fingerprint density at radius 2 is 2.26 bits per heavy atom. The molecule has 6 heteroatoms. The van der Waals surface area contributed by atoms with Crippen LogP contribution in [0.3, 0.4) is 0 Å². The van der Waals surface area contributed by atoms with E-state index < -0.39 is 0 Å². The standard InChI is InChI=1S/C21H31N3O2S/c1-3-4-5-6-11-22-20(25)17-8-7-12-24(13-17)14-18-15-27-21(23-18)19-10-9-16(2)26-19/h9-10,15,17H,3-8,11-14H2,1-2H3,(H,22,25). The van der Waals surface area contributed by atoms with Crippen molar-refractivity contribution in [1.29, 1.82) is 0 Å². The minimum absolute atomic E-state index is 0.107. The topological polar surface area (TPSA) is 58.4 Å². The fraction of sp³-hybridized carbons (Fsp3) is 0.619. The number of rotatable bonds is 9. The van der Waals surface area contributed by atoms with Crippen LogP contribution in [0.25, 0.3) is 10.8 Å². The number of carbonyl (C=O) groups excluding carboxylic acids is 1. The largest absolute Gasteiger partial charge is 0.459 e. The first-order valence-electron chi connectivity index (χ1n) is 10.2. The quantitative estimate of drug-likeness (QED) is 0.636. The third-order valence-electron chi connectivity index (χ3n) is 5.09. The van der Waals surface area contributed by atoms with Gasteiger partial charge in [-0.25, -0.2) is 4.98 Å². The first-order valence-corrected chi connectivity index (χ1v) is 11.0. The summed E-state index contributed by atoms with van der Waals surface area (Å²) in [5.41, 5.74) is 1.06. The van der Waals surface area contributed by atoms with Crippen molar-refractivity contribution in [2.45, 2.75) is 58.9 Å². The summed E-state index contributed by atoms with van der Waals surface area (Å²) in [4.78, 5) is 19.5. The van der Waals surface area contributed by atoms with Gasteiger partial charge in [-0.3, -0.25) is 9.69 Å². The van der Waals surface area contributed by atoms with Crippen LogP contribution in [0.1, 0.15) is 56.9 Å². The van der Waals surface area contributed by atoms with Crippen LogP contribution in [-0.4, -0.2) is 35.4 Å². The molecule has 1 unspecified atom stereocenters. The van der Waals surface area contributed by atoms with Crippen molar-refractivity contribution in [2.75, 3.05) is 19.6 Å². The lowest BCUT2D eigenvalue weighted by Gasteiger charge is -2.31. The van der Waals surface area contributed by atoms with Gasteiger partial charge < -0.3 is 9.73 Å². The normalized spacial score (nSPS) is 17.9. The highest BCUT2D eigenvalue weighted by molar-refractivity contribution is 7.13. The maximum absolute atomic E-state index is 12.5. The Labute approximate surface area is 166 Å². The minimum atomic E-state index is 0.107. The number of hydrogen-bond donors (Lipinski definition) is 1. The summed E-state index contributed by atoms with van der Waals surface area (Å²) >= 11 is 1.62. The molecule has 1 aliphatic heterocycles. The Morgan fingerprint density at radius 3 is 3.04 bits per heavy atom. The van der Waals surface area contributed by atoms with E-state index in [0.717, 1.165) is 67.7 Å². The van der Waals surface area contributed by atoms with Crippen LogP contribution in [0.4, 0.5) is 0 Å². The van der Waals surface area contributed by atoms with Crippen LogP contribution in [0, 0.1) is 12.8 Å². The number of unbranched alkanes of at least 4 members (excludes halogenated alkanes) is 3. The summed E-state index contributed by atoms with van der Waals surface area (Å²) < 4.78 is 5.66. The van der Waals surface area contributed by atoms with Gasteiger partial charge in [-0.05, 0) is 44.9 Å². The maximum atomic E-state index is 12.5. The highest BCUT2D eigenvalue weighted by atomic mass is 32.1. The highest BCUT2D eigenvalue weighted by Crippen LogP contribution is 2.27. The number of aromatic nitrogens is 1. The zero-order valence-electron chi connectivity index (χ0n) is 16.5.